The largest absolute Gasteiger partial charge is 0.327 e. The van der Waals surface area contributed by atoms with Crippen LogP contribution in [0.25, 0.3) is 0 Å². The molecule has 0 aromatic carbocycles. The topological polar surface area (TPSA) is 38.0 Å². The fourth-order valence-corrected chi connectivity index (χ4v) is 4.11. The van der Waals surface area contributed by atoms with Crippen molar-refractivity contribution >= 4 is 11.3 Å². The van der Waals surface area contributed by atoms with E-state index in [4.69, 9.17) is 5.73 Å². The zero-order valence-electron chi connectivity index (χ0n) is 12.7. The SMILES string of the molecule is Cc1ccc(CNCC2CCC(N)C(C)C2(C)C)s1. The summed E-state index contributed by atoms with van der Waals surface area (Å²) < 4.78 is 0. The van der Waals surface area contributed by atoms with Crippen LogP contribution in [0.1, 0.15) is 43.4 Å². The average molecular weight is 280 g/mol. The van der Waals surface area contributed by atoms with Gasteiger partial charge in [-0.25, -0.2) is 0 Å². The maximum absolute atomic E-state index is 6.22. The van der Waals surface area contributed by atoms with Gasteiger partial charge in [0.15, 0.2) is 0 Å². The highest BCUT2D eigenvalue weighted by Gasteiger charge is 2.41. The standard InChI is InChI=1S/C16H28N2S/c1-11-5-7-14(19-11)10-18-9-13-6-8-15(17)12(2)16(13,3)4/h5,7,12-13,15,18H,6,8-10,17H2,1-4H3. The Labute approximate surface area is 121 Å². The van der Waals surface area contributed by atoms with E-state index in [-0.39, 0.29) is 0 Å². The molecular weight excluding hydrogens is 252 g/mol. The molecule has 0 saturated heterocycles. The van der Waals surface area contributed by atoms with E-state index < -0.39 is 0 Å². The third kappa shape index (κ3) is 3.39. The molecule has 2 rings (SSSR count). The van der Waals surface area contributed by atoms with E-state index in [0.29, 0.717) is 17.4 Å². The number of aryl methyl sites for hydroxylation is 1. The van der Waals surface area contributed by atoms with Gasteiger partial charge in [-0.1, -0.05) is 20.8 Å². The lowest BCUT2D eigenvalue weighted by Crippen LogP contribution is -2.49. The third-order valence-electron chi connectivity index (χ3n) is 5.20. The van der Waals surface area contributed by atoms with Crippen LogP contribution >= 0.6 is 11.3 Å². The summed E-state index contributed by atoms with van der Waals surface area (Å²) in [5.74, 6) is 1.35. The fraction of sp³-hybridized carbons (Fsp3) is 0.750. The van der Waals surface area contributed by atoms with Crippen molar-refractivity contribution < 1.29 is 0 Å². The van der Waals surface area contributed by atoms with Crippen LogP contribution in [-0.4, -0.2) is 12.6 Å². The summed E-state index contributed by atoms with van der Waals surface area (Å²) in [6, 6.07) is 4.82. The predicted octanol–water partition coefficient (Wildman–Crippen LogP) is 3.55. The van der Waals surface area contributed by atoms with Gasteiger partial charge in [-0.3, -0.25) is 0 Å². The normalized spacial score (nSPS) is 30.5. The van der Waals surface area contributed by atoms with Crippen LogP contribution in [-0.2, 0) is 6.54 Å². The maximum atomic E-state index is 6.22. The molecule has 2 nitrogen and oxygen atoms in total. The molecule has 3 heteroatoms. The molecule has 1 heterocycles. The van der Waals surface area contributed by atoms with Crippen LogP contribution < -0.4 is 11.1 Å². The first-order valence-corrected chi connectivity index (χ1v) is 8.24. The Morgan fingerprint density at radius 3 is 2.74 bits per heavy atom. The summed E-state index contributed by atoms with van der Waals surface area (Å²) >= 11 is 1.89. The second kappa shape index (κ2) is 5.94. The Hall–Kier alpha value is -0.380. The fourth-order valence-electron chi connectivity index (χ4n) is 3.25. The van der Waals surface area contributed by atoms with Gasteiger partial charge >= 0.3 is 0 Å². The van der Waals surface area contributed by atoms with E-state index in [1.165, 1.54) is 22.6 Å². The van der Waals surface area contributed by atoms with Crippen molar-refractivity contribution in [2.45, 2.75) is 53.1 Å². The molecule has 1 aliphatic carbocycles. The Balaban J connectivity index is 1.85. The highest BCUT2D eigenvalue weighted by Crippen LogP contribution is 2.43. The van der Waals surface area contributed by atoms with Gasteiger partial charge in [-0.2, -0.15) is 0 Å². The van der Waals surface area contributed by atoms with Crippen molar-refractivity contribution in [3.8, 4) is 0 Å². The molecule has 1 aromatic heterocycles. The minimum Gasteiger partial charge on any atom is -0.327 e. The van der Waals surface area contributed by atoms with Crippen LogP contribution in [0.5, 0.6) is 0 Å². The van der Waals surface area contributed by atoms with Crippen LogP contribution in [0, 0.1) is 24.2 Å². The summed E-state index contributed by atoms with van der Waals surface area (Å²) in [6.45, 7) is 11.4. The van der Waals surface area contributed by atoms with Gasteiger partial charge in [0, 0.05) is 22.3 Å². The van der Waals surface area contributed by atoms with E-state index in [0.717, 1.165) is 19.0 Å². The Bertz CT molecular complexity index is 411. The smallest absolute Gasteiger partial charge is 0.0299 e. The molecule has 0 radical (unpaired) electrons. The van der Waals surface area contributed by atoms with E-state index in [1.54, 1.807) is 0 Å². The molecule has 0 amide bonds. The molecule has 1 aliphatic rings. The Kier molecular flexibility index (Phi) is 4.70. The van der Waals surface area contributed by atoms with Crippen molar-refractivity contribution in [2.24, 2.45) is 23.0 Å². The lowest BCUT2D eigenvalue weighted by atomic mass is 9.61. The second-order valence-corrected chi connectivity index (χ2v) is 8.06. The van der Waals surface area contributed by atoms with Crippen molar-refractivity contribution in [3.63, 3.8) is 0 Å². The van der Waals surface area contributed by atoms with E-state index in [2.05, 4.69) is 45.1 Å². The predicted molar refractivity (Wildman–Crippen MR) is 84.4 cm³/mol. The average Bonchev–Trinajstić information content (AvgIpc) is 2.76. The molecule has 0 aliphatic heterocycles. The van der Waals surface area contributed by atoms with Crippen LogP contribution in [0.3, 0.4) is 0 Å². The highest BCUT2D eigenvalue weighted by atomic mass is 32.1. The van der Waals surface area contributed by atoms with Crippen LogP contribution in [0.2, 0.25) is 0 Å². The molecule has 3 N–H and O–H groups in total. The van der Waals surface area contributed by atoms with Gasteiger partial charge in [0.2, 0.25) is 0 Å². The van der Waals surface area contributed by atoms with Crippen molar-refractivity contribution in [3.05, 3.63) is 21.9 Å². The van der Waals surface area contributed by atoms with Gasteiger partial charge in [-0.05, 0) is 55.7 Å². The lowest BCUT2D eigenvalue weighted by Gasteiger charge is -2.47. The van der Waals surface area contributed by atoms with Crippen LogP contribution in [0.15, 0.2) is 12.1 Å². The third-order valence-corrected chi connectivity index (χ3v) is 6.20. The van der Waals surface area contributed by atoms with Gasteiger partial charge < -0.3 is 11.1 Å². The first-order valence-electron chi connectivity index (χ1n) is 7.43. The molecule has 1 saturated carbocycles. The van der Waals surface area contributed by atoms with Crippen molar-refractivity contribution in [2.75, 3.05) is 6.54 Å². The quantitative estimate of drug-likeness (QED) is 0.885. The summed E-state index contributed by atoms with van der Waals surface area (Å²) in [6.07, 6.45) is 2.43. The zero-order valence-corrected chi connectivity index (χ0v) is 13.5. The Morgan fingerprint density at radius 2 is 2.11 bits per heavy atom. The first kappa shape index (κ1) is 15.0. The van der Waals surface area contributed by atoms with E-state index >= 15 is 0 Å². The zero-order chi connectivity index (χ0) is 14.0. The molecule has 19 heavy (non-hydrogen) atoms. The number of hydrogen-bond donors (Lipinski definition) is 2. The van der Waals surface area contributed by atoms with E-state index in [1.807, 2.05) is 11.3 Å². The van der Waals surface area contributed by atoms with Gasteiger partial charge in [-0.15, -0.1) is 11.3 Å². The molecule has 3 atom stereocenters. The maximum Gasteiger partial charge on any atom is 0.0299 e. The molecule has 1 fully saturated rings. The number of nitrogens with two attached hydrogens (primary N) is 1. The molecule has 108 valence electrons. The summed E-state index contributed by atoms with van der Waals surface area (Å²) in [5, 5.41) is 3.65. The van der Waals surface area contributed by atoms with Gasteiger partial charge in [0.25, 0.3) is 0 Å². The molecule has 0 spiro atoms. The number of nitrogens with one attached hydrogen (secondary N) is 1. The number of rotatable bonds is 4. The Morgan fingerprint density at radius 1 is 1.37 bits per heavy atom. The lowest BCUT2D eigenvalue weighted by molar-refractivity contribution is 0.0539. The number of thiophene rings is 1. The molecular formula is C16H28N2S. The minimum atomic E-state index is 0.343. The number of hydrogen-bond acceptors (Lipinski definition) is 3. The van der Waals surface area contributed by atoms with Gasteiger partial charge in [0.1, 0.15) is 0 Å². The molecule has 0 bridgehead atoms. The minimum absolute atomic E-state index is 0.343. The summed E-state index contributed by atoms with van der Waals surface area (Å²) in [5.41, 5.74) is 6.56. The first-order chi connectivity index (χ1) is 8.91. The summed E-state index contributed by atoms with van der Waals surface area (Å²) in [7, 11) is 0. The van der Waals surface area contributed by atoms with Gasteiger partial charge in [0.05, 0.1) is 0 Å². The van der Waals surface area contributed by atoms with E-state index in [9.17, 15) is 0 Å². The summed E-state index contributed by atoms with van der Waals surface area (Å²) in [4.78, 5) is 2.84. The van der Waals surface area contributed by atoms with Crippen molar-refractivity contribution in [1.29, 1.82) is 0 Å². The monoisotopic (exact) mass is 280 g/mol. The highest BCUT2D eigenvalue weighted by molar-refractivity contribution is 7.11. The van der Waals surface area contributed by atoms with Crippen molar-refractivity contribution in [1.82, 2.24) is 5.32 Å². The molecule has 3 unspecified atom stereocenters. The molecule has 1 aromatic rings. The second-order valence-electron chi connectivity index (χ2n) is 6.69. The van der Waals surface area contributed by atoms with Crippen LogP contribution in [0.4, 0.5) is 0 Å².